The van der Waals surface area contributed by atoms with Gasteiger partial charge in [-0.05, 0) is 78.4 Å². The van der Waals surface area contributed by atoms with Crippen LogP contribution in [0.5, 0.6) is 0 Å². The molecule has 0 bridgehead atoms. The van der Waals surface area contributed by atoms with E-state index in [0.717, 1.165) is 37.8 Å². The molecule has 4 aliphatic rings. The molecule has 5 nitrogen and oxygen atoms in total. The second-order valence-corrected chi connectivity index (χ2v) is 10.3. The van der Waals surface area contributed by atoms with Crippen LogP contribution in [0.2, 0.25) is 0 Å². The predicted molar refractivity (Wildman–Crippen MR) is 105 cm³/mol. The lowest BCUT2D eigenvalue weighted by Gasteiger charge is -2.62. The summed E-state index contributed by atoms with van der Waals surface area (Å²) in [5.74, 6) is 0.983. The van der Waals surface area contributed by atoms with Crippen molar-refractivity contribution >= 4 is 0 Å². The van der Waals surface area contributed by atoms with Crippen molar-refractivity contribution in [3.05, 3.63) is 47.0 Å². The first-order valence-electron chi connectivity index (χ1n) is 10.7. The van der Waals surface area contributed by atoms with Crippen molar-refractivity contribution in [2.24, 2.45) is 29.1 Å². The van der Waals surface area contributed by atoms with E-state index in [4.69, 9.17) is 4.98 Å². The molecule has 0 saturated heterocycles. The van der Waals surface area contributed by atoms with Gasteiger partial charge in [0.25, 0.3) is 0 Å². The molecule has 3 N–H and O–H groups in total. The van der Waals surface area contributed by atoms with E-state index in [2.05, 4.69) is 30.1 Å². The van der Waals surface area contributed by atoms with Gasteiger partial charge in [-0.15, -0.1) is 0 Å². The van der Waals surface area contributed by atoms with Crippen molar-refractivity contribution in [2.45, 2.75) is 63.6 Å². The SMILES string of the molecule is C[C@]12Cc3cn[nH]c3C[C@@H]1[C@@H](O)[C@H](O)[C@@H]1[C@@H]2CC[C@]2(C)c3ncccc3C[C@@H]12. The molecule has 0 spiro atoms. The van der Waals surface area contributed by atoms with Crippen LogP contribution in [0.4, 0.5) is 0 Å². The summed E-state index contributed by atoms with van der Waals surface area (Å²) in [4.78, 5) is 4.76. The lowest BCUT2D eigenvalue weighted by molar-refractivity contribution is -0.197. The molecule has 0 aromatic carbocycles. The van der Waals surface area contributed by atoms with E-state index in [0.29, 0.717) is 11.8 Å². The minimum Gasteiger partial charge on any atom is -0.390 e. The van der Waals surface area contributed by atoms with Crippen LogP contribution in [0.1, 0.15) is 49.2 Å². The summed E-state index contributed by atoms with van der Waals surface area (Å²) in [6.45, 7) is 4.71. The van der Waals surface area contributed by atoms with Crippen molar-refractivity contribution in [3.8, 4) is 0 Å². The fraction of sp³-hybridized carbons (Fsp3) is 0.652. The third-order valence-corrected chi connectivity index (χ3v) is 9.25. The highest BCUT2D eigenvalue weighted by atomic mass is 16.3. The summed E-state index contributed by atoms with van der Waals surface area (Å²) in [6.07, 6.45) is 7.45. The number of nitrogens with zero attached hydrogens (tertiary/aromatic N) is 2. The van der Waals surface area contributed by atoms with Crippen LogP contribution in [-0.4, -0.2) is 37.6 Å². The van der Waals surface area contributed by atoms with E-state index in [9.17, 15) is 10.2 Å². The van der Waals surface area contributed by atoms with Crippen molar-refractivity contribution in [1.82, 2.24) is 15.2 Å². The number of nitrogens with one attached hydrogen (secondary N) is 1. The maximum atomic E-state index is 11.4. The van der Waals surface area contributed by atoms with Gasteiger partial charge >= 0.3 is 0 Å². The quantitative estimate of drug-likeness (QED) is 0.657. The van der Waals surface area contributed by atoms with E-state index >= 15 is 0 Å². The molecular formula is C23H29N3O2. The lowest BCUT2D eigenvalue weighted by atomic mass is 9.44. The molecule has 8 atom stereocenters. The molecule has 148 valence electrons. The predicted octanol–water partition coefficient (Wildman–Crippen LogP) is 2.42. The van der Waals surface area contributed by atoms with E-state index in [1.165, 1.54) is 16.8 Å². The standard InChI is InChI=1S/C23H29N3O2/c1-22-6-5-14-18(15(22)8-12-4-3-7-24-21(12)22)20(28)19(27)16-9-17-13(11-25-26-17)10-23(14,16)2/h3-4,7,11,14-16,18-20,27-28H,5-6,8-10H2,1-2H3,(H,25,26)/t14-,15-,16+,18+,19+,20+,22-,23+/m0/s1. The topological polar surface area (TPSA) is 82.0 Å². The monoisotopic (exact) mass is 379 g/mol. The minimum absolute atomic E-state index is 0.00369. The number of pyridine rings is 1. The maximum Gasteiger partial charge on any atom is 0.0839 e. The Morgan fingerprint density at radius 1 is 1.07 bits per heavy atom. The molecule has 0 amide bonds. The van der Waals surface area contributed by atoms with E-state index in [1.807, 2.05) is 18.5 Å². The Balaban J connectivity index is 1.45. The zero-order valence-electron chi connectivity index (χ0n) is 16.6. The first-order chi connectivity index (χ1) is 13.4. The van der Waals surface area contributed by atoms with Gasteiger partial charge in [0.2, 0.25) is 0 Å². The molecule has 0 aliphatic heterocycles. The van der Waals surface area contributed by atoms with E-state index < -0.39 is 12.2 Å². The first-order valence-corrected chi connectivity index (χ1v) is 10.7. The molecule has 2 heterocycles. The second kappa shape index (κ2) is 5.45. The van der Waals surface area contributed by atoms with Crippen LogP contribution in [0.3, 0.4) is 0 Å². The molecule has 2 saturated carbocycles. The van der Waals surface area contributed by atoms with Gasteiger partial charge in [0.15, 0.2) is 0 Å². The Bertz CT molecular complexity index is 941. The molecule has 2 aromatic rings. The Hall–Kier alpha value is -1.72. The van der Waals surface area contributed by atoms with Gasteiger partial charge in [-0.25, -0.2) is 0 Å². The average molecular weight is 380 g/mol. The van der Waals surface area contributed by atoms with Crippen LogP contribution in [0, 0.1) is 29.1 Å². The van der Waals surface area contributed by atoms with Gasteiger partial charge in [-0.3, -0.25) is 10.1 Å². The van der Waals surface area contributed by atoms with Gasteiger partial charge in [0, 0.05) is 23.0 Å². The van der Waals surface area contributed by atoms with Crippen LogP contribution in [0.25, 0.3) is 0 Å². The summed E-state index contributed by atoms with van der Waals surface area (Å²) in [7, 11) is 0. The second-order valence-electron chi connectivity index (χ2n) is 10.3. The summed E-state index contributed by atoms with van der Waals surface area (Å²) in [5.41, 5.74) is 5.02. The lowest BCUT2D eigenvalue weighted by Crippen LogP contribution is -2.64. The Morgan fingerprint density at radius 3 is 2.79 bits per heavy atom. The van der Waals surface area contributed by atoms with Crippen molar-refractivity contribution in [1.29, 1.82) is 0 Å². The fourth-order valence-electron chi connectivity index (χ4n) is 7.84. The number of aliphatic hydroxyl groups is 2. The van der Waals surface area contributed by atoms with E-state index in [1.54, 1.807) is 0 Å². The third kappa shape index (κ3) is 1.94. The van der Waals surface area contributed by atoms with Gasteiger partial charge in [0.05, 0.1) is 18.4 Å². The zero-order valence-corrected chi connectivity index (χ0v) is 16.6. The van der Waals surface area contributed by atoms with Gasteiger partial charge < -0.3 is 10.2 Å². The van der Waals surface area contributed by atoms with Crippen LogP contribution >= 0.6 is 0 Å². The first kappa shape index (κ1) is 17.2. The summed E-state index contributed by atoms with van der Waals surface area (Å²) < 4.78 is 0. The zero-order chi connectivity index (χ0) is 19.3. The fourth-order valence-corrected chi connectivity index (χ4v) is 7.84. The highest BCUT2D eigenvalue weighted by Gasteiger charge is 2.64. The Morgan fingerprint density at radius 2 is 1.93 bits per heavy atom. The molecule has 6 rings (SSSR count). The number of rotatable bonds is 0. The molecule has 0 radical (unpaired) electrons. The average Bonchev–Trinajstić information content (AvgIpc) is 3.25. The summed E-state index contributed by atoms with van der Waals surface area (Å²) >= 11 is 0. The van der Waals surface area contributed by atoms with Crippen molar-refractivity contribution < 1.29 is 10.2 Å². The smallest absolute Gasteiger partial charge is 0.0839 e. The largest absolute Gasteiger partial charge is 0.390 e. The molecule has 5 heteroatoms. The maximum absolute atomic E-state index is 11.4. The number of H-pyrrole nitrogens is 1. The Kier molecular flexibility index (Phi) is 3.34. The molecule has 28 heavy (non-hydrogen) atoms. The number of aromatic nitrogens is 3. The number of fused-ring (bicyclic) bond motifs is 8. The van der Waals surface area contributed by atoms with Crippen molar-refractivity contribution in [2.75, 3.05) is 0 Å². The summed E-state index contributed by atoms with van der Waals surface area (Å²) in [6, 6.07) is 4.23. The van der Waals surface area contributed by atoms with Crippen LogP contribution in [0.15, 0.2) is 24.5 Å². The van der Waals surface area contributed by atoms with Gasteiger partial charge in [-0.2, -0.15) is 5.10 Å². The molecule has 2 aromatic heterocycles. The number of hydrogen-bond acceptors (Lipinski definition) is 4. The van der Waals surface area contributed by atoms with E-state index in [-0.39, 0.29) is 22.7 Å². The molecular weight excluding hydrogens is 350 g/mol. The Labute approximate surface area is 165 Å². The number of aromatic amines is 1. The number of aliphatic hydroxyl groups excluding tert-OH is 2. The highest BCUT2D eigenvalue weighted by Crippen LogP contribution is 2.64. The van der Waals surface area contributed by atoms with Crippen LogP contribution < -0.4 is 0 Å². The third-order valence-electron chi connectivity index (χ3n) is 9.25. The normalized spacial score (nSPS) is 46.1. The highest BCUT2D eigenvalue weighted by molar-refractivity contribution is 5.38. The minimum atomic E-state index is -0.679. The molecule has 4 aliphatic carbocycles. The number of hydrogen-bond donors (Lipinski definition) is 3. The molecule has 2 fully saturated rings. The van der Waals surface area contributed by atoms with Crippen molar-refractivity contribution in [3.63, 3.8) is 0 Å². The van der Waals surface area contributed by atoms with Gasteiger partial charge in [-0.1, -0.05) is 19.9 Å². The summed E-state index contributed by atoms with van der Waals surface area (Å²) in [5, 5.41) is 30.0. The van der Waals surface area contributed by atoms with Gasteiger partial charge in [0.1, 0.15) is 0 Å². The van der Waals surface area contributed by atoms with Crippen LogP contribution in [-0.2, 0) is 24.7 Å². The molecule has 0 unspecified atom stereocenters.